The van der Waals surface area contributed by atoms with Gasteiger partial charge in [0.1, 0.15) is 6.33 Å². The van der Waals surface area contributed by atoms with Gasteiger partial charge in [0.15, 0.2) is 0 Å². The number of nitrogens with zero attached hydrogens (tertiary/aromatic N) is 4. The lowest BCUT2D eigenvalue weighted by atomic mass is 10.1. The molecule has 128 valence electrons. The molecule has 4 rings (SSSR count). The van der Waals surface area contributed by atoms with E-state index in [-0.39, 0.29) is 12.4 Å². The number of aryl methyl sites for hydroxylation is 2. The van der Waals surface area contributed by atoms with Gasteiger partial charge in [0, 0.05) is 22.3 Å². The molecule has 0 aliphatic carbocycles. The molecule has 0 saturated heterocycles. The second-order valence-corrected chi connectivity index (χ2v) is 6.22. The van der Waals surface area contributed by atoms with Crippen molar-refractivity contribution < 1.29 is 0 Å². The van der Waals surface area contributed by atoms with Gasteiger partial charge in [0.2, 0.25) is 5.95 Å². The molecule has 5 nitrogen and oxygen atoms in total. The molecule has 0 saturated carbocycles. The van der Waals surface area contributed by atoms with Crippen molar-refractivity contribution in [1.82, 2.24) is 24.7 Å². The van der Waals surface area contributed by atoms with Gasteiger partial charge in [-0.15, -0.1) is 12.4 Å². The van der Waals surface area contributed by atoms with Crippen LogP contribution >= 0.6 is 24.0 Å². The van der Waals surface area contributed by atoms with E-state index in [1.54, 1.807) is 0 Å². The summed E-state index contributed by atoms with van der Waals surface area (Å²) in [4.78, 5) is 9.06. The zero-order valence-electron chi connectivity index (χ0n) is 14.0. The average molecular weight is 374 g/mol. The summed E-state index contributed by atoms with van der Waals surface area (Å²) in [5.41, 5.74) is 5.85. The third kappa shape index (κ3) is 2.69. The number of aromatic nitrogens is 5. The standard InChI is InChI=1S/C18H16ClN5.ClH/c1-10-8-14(12(3)24(10)18-20-9-21-23-18)17-16(19)11(2)13-6-4-5-7-15(13)22-17;/h4-9H,1-3H3,(H,20,21,23);1H. The first-order valence-corrected chi connectivity index (χ1v) is 8.05. The van der Waals surface area contributed by atoms with Crippen molar-refractivity contribution in [2.45, 2.75) is 20.8 Å². The first-order chi connectivity index (χ1) is 11.6. The Morgan fingerprint density at radius 3 is 2.60 bits per heavy atom. The largest absolute Gasteiger partial charge is 0.287 e. The molecule has 25 heavy (non-hydrogen) atoms. The molecule has 7 heteroatoms. The molecular weight excluding hydrogens is 357 g/mol. The van der Waals surface area contributed by atoms with Gasteiger partial charge in [0.05, 0.1) is 16.2 Å². The zero-order valence-corrected chi connectivity index (χ0v) is 15.6. The summed E-state index contributed by atoms with van der Waals surface area (Å²) in [7, 11) is 0. The molecular formula is C18H17Cl2N5. The Balaban J connectivity index is 0.00000182. The fourth-order valence-corrected chi connectivity index (χ4v) is 3.41. The highest BCUT2D eigenvalue weighted by molar-refractivity contribution is 6.34. The number of nitrogens with one attached hydrogen (secondary N) is 1. The van der Waals surface area contributed by atoms with Crippen molar-refractivity contribution >= 4 is 34.9 Å². The summed E-state index contributed by atoms with van der Waals surface area (Å²) < 4.78 is 2.02. The van der Waals surface area contributed by atoms with Crippen LogP contribution in [0.1, 0.15) is 17.0 Å². The minimum atomic E-state index is 0. The molecule has 1 aromatic carbocycles. The first-order valence-electron chi connectivity index (χ1n) is 7.68. The molecule has 0 spiro atoms. The van der Waals surface area contributed by atoms with Crippen molar-refractivity contribution in [2.24, 2.45) is 0 Å². The Labute approximate surface area is 156 Å². The lowest BCUT2D eigenvalue weighted by Gasteiger charge is -2.10. The maximum absolute atomic E-state index is 6.66. The Morgan fingerprint density at radius 2 is 1.88 bits per heavy atom. The summed E-state index contributed by atoms with van der Waals surface area (Å²) in [6.45, 7) is 6.10. The second kappa shape index (κ2) is 6.50. The number of para-hydroxylation sites is 1. The van der Waals surface area contributed by atoms with E-state index in [0.29, 0.717) is 11.0 Å². The molecule has 0 bridgehead atoms. The fourth-order valence-electron chi connectivity index (χ4n) is 3.17. The van der Waals surface area contributed by atoms with Gasteiger partial charge in [-0.1, -0.05) is 29.8 Å². The van der Waals surface area contributed by atoms with Crippen LogP contribution in [-0.4, -0.2) is 24.7 Å². The van der Waals surface area contributed by atoms with Crippen LogP contribution < -0.4 is 0 Å². The molecule has 0 atom stereocenters. The maximum Gasteiger partial charge on any atom is 0.229 e. The molecule has 3 heterocycles. The normalized spacial score (nSPS) is 10.9. The van der Waals surface area contributed by atoms with Crippen molar-refractivity contribution in [3.05, 3.63) is 58.6 Å². The van der Waals surface area contributed by atoms with E-state index in [2.05, 4.69) is 21.2 Å². The van der Waals surface area contributed by atoms with Gasteiger partial charge in [-0.2, -0.15) is 10.1 Å². The van der Waals surface area contributed by atoms with Gasteiger partial charge in [-0.05, 0) is 38.5 Å². The zero-order chi connectivity index (χ0) is 16.8. The van der Waals surface area contributed by atoms with E-state index >= 15 is 0 Å². The molecule has 1 N–H and O–H groups in total. The van der Waals surface area contributed by atoms with Gasteiger partial charge in [-0.3, -0.25) is 4.57 Å². The van der Waals surface area contributed by atoms with Gasteiger partial charge >= 0.3 is 0 Å². The van der Waals surface area contributed by atoms with Crippen molar-refractivity contribution in [1.29, 1.82) is 0 Å². The van der Waals surface area contributed by atoms with Crippen molar-refractivity contribution in [3.63, 3.8) is 0 Å². The predicted octanol–water partition coefficient (Wildman–Crippen LogP) is 4.81. The third-order valence-electron chi connectivity index (χ3n) is 4.38. The highest BCUT2D eigenvalue weighted by Crippen LogP contribution is 2.36. The van der Waals surface area contributed by atoms with Crippen LogP contribution in [0.25, 0.3) is 28.1 Å². The number of aromatic amines is 1. The Hall–Kier alpha value is -2.37. The third-order valence-corrected chi connectivity index (χ3v) is 4.84. The predicted molar refractivity (Wildman–Crippen MR) is 103 cm³/mol. The number of fused-ring (bicyclic) bond motifs is 1. The van der Waals surface area contributed by atoms with Crippen LogP contribution in [0.2, 0.25) is 5.02 Å². The average Bonchev–Trinajstić information content (AvgIpc) is 3.19. The monoisotopic (exact) mass is 373 g/mol. The number of H-pyrrole nitrogens is 1. The Bertz CT molecular complexity index is 1050. The summed E-state index contributed by atoms with van der Waals surface area (Å²) in [6, 6.07) is 10.1. The van der Waals surface area contributed by atoms with Crippen LogP contribution in [0, 0.1) is 20.8 Å². The molecule has 0 radical (unpaired) electrons. The highest BCUT2D eigenvalue weighted by Gasteiger charge is 2.19. The van der Waals surface area contributed by atoms with Crippen molar-refractivity contribution in [2.75, 3.05) is 0 Å². The lowest BCUT2D eigenvalue weighted by molar-refractivity contribution is 0.879. The summed E-state index contributed by atoms with van der Waals surface area (Å²) in [6.07, 6.45) is 1.50. The number of benzene rings is 1. The summed E-state index contributed by atoms with van der Waals surface area (Å²) in [5, 5.41) is 8.61. The topological polar surface area (TPSA) is 59.4 Å². The highest BCUT2D eigenvalue weighted by atomic mass is 35.5. The number of halogens is 2. The van der Waals surface area contributed by atoms with Crippen LogP contribution in [0.15, 0.2) is 36.7 Å². The van der Waals surface area contributed by atoms with Crippen LogP contribution in [0.4, 0.5) is 0 Å². The molecule has 0 amide bonds. The SMILES string of the molecule is Cc1c(Cl)c(-c2cc(C)n(-c3ncn[nH]3)c2C)nc2ccccc12.Cl. The Morgan fingerprint density at radius 1 is 1.12 bits per heavy atom. The molecule has 0 aliphatic rings. The number of pyridine rings is 1. The van der Waals surface area contributed by atoms with Crippen molar-refractivity contribution in [3.8, 4) is 17.2 Å². The van der Waals surface area contributed by atoms with E-state index in [1.807, 2.05) is 49.6 Å². The summed E-state index contributed by atoms with van der Waals surface area (Å²) in [5.74, 6) is 0.685. The van der Waals surface area contributed by atoms with E-state index in [1.165, 1.54) is 6.33 Å². The Kier molecular flexibility index (Phi) is 4.54. The first kappa shape index (κ1) is 17.5. The fraction of sp³-hybridized carbons (Fsp3) is 0.167. The molecule has 0 unspecified atom stereocenters. The molecule has 0 fully saturated rings. The van der Waals surface area contributed by atoms with E-state index in [4.69, 9.17) is 16.6 Å². The van der Waals surface area contributed by atoms with Gasteiger partial charge < -0.3 is 0 Å². The molecule has 0 aliphatic heterocycles. The number of hydrogen-bond donors (Lipinski definition) is 1. The van der Waals surface area contributed by atoms with E-state index < -0.39 is 0 Å². The minimum absolute atomic E-state index is 0. The number of hydrogen-bond acceptors (Lipinski definition) is 3. The maximum atomic E-state index is 6.66. The molecule has 3 aromatic heterocycles. The second-order valence-electron chi connectivity index (χ2n) is 5.85. The van der Waals surface area contributed by atoms with Gasteiger partial charge in [0.25, 0.3) is 0 Å². The number of rotatable bonds is 2. The quantitative estimate of drug-likeness (QED) is 0.548. The minimum Gasteiger partial charge on any atom is -0.287 e. The van der Waals surface area contributed by atoms with E-state index in [9.17, 15) is 0 Å². The van der Waals surface area contributed by atoms with Crippen LogP contribution in [0.5, 0.6) is 0 Å². The van der Waals surface area contributed by atoms with Crippen LogP contribution in [0.3, 0.4) is 0 Å². The smallest absolute Gasteiger partial charge is 0.229 e. The summed E-state index contributed by atoms with van der Waals surface area (Å²) >= 11 is 6.66. The van der Waals surface area contributed by atoms with E-state index in [0.717, 1.165) is 39.1 Å². The molecule has 4 aromatic rings. The van der Waals surface area contributed by atoms with Gasteiger partial charge in [-0.25, -0.2) is 10.1 Å². The van der Waals surface area contributed by atoms with Crippen LogP contribution in [-0.2, 0) is 0 Å². The lowest BCUT2D eigenvalue weighted by Crippen LogP contribution is -2.01.